The molecule has 0 bridgehead atoms. The predicted molar refractivity (Wildman–Crippen MR) is 55.0 cm³/mol. The highest BCUT2D eigenvalue weighted by atomic mass is 19.4. The van der Waals surface area contributed by atoms with Gasteiger partial charge in [0, 0.05) is 6.42 Å². The summed E-state index contributed by atoms with van der Waals surface area (Å²) >= 11 is 0. The lowest BCUT2D eigenvalue weighted by atomic mass is 10.0. The van der Waals surface area contributed by atoms with E-state index in [1.54, 1.807) is 0 Å². The Kier molecular flexibility index (Phi) is 3.52. The van der Waals surface area contributed by atoms with Crippen LogP contribution in [0, 0.1) is 0 Å². The van der Waals surface area contributed by atoms with Crippen molar-refractivity contribution in [3.05, 3.63) is 47.5 Å². The molecule has 1 nitrogen and oxygen atoms in total. The van der Waals surface area contributed by atoms with Gasteiger partial charge in [-0.25, -0.2) is 0 Å². The van der Waals surface area contributed by atoms with Crippen LogP contribution in [0.15, 0.2) is 36.4 Å². The summed E-state index contributed by atoms with van der Waals surface area (Å²) < 4.78 is 37.1. The zero-order chi connectivity index (χ0) is 12.3. The van der Waals surface area contributed by atoms with E-state index in [-0.39, 0.29) is 12.2 Å². The number of Topliss-reactive ketones (excluding diaryl/α,β-unsaturated/α-hetero) is 1. The Morgan fingerprint density at radius 1 is 1.38 bits per heavy atom. The van der Waals surface area contributed by atoms with Crippen LogP contribution in [0.25, 0.3) is 0 Å². The highest BCUT2D eigenvalue weighted by Gasteiger charge is 2.30. The van der Waals surface area contributed by atoms with Gasteiger partial charge in [0.05, 0.1) is 5.56 Å². The quantitative estimate of drug-likeness (QED) is 0.725. The van der Waals surface area contributed by atoms with Crippen LogP contribution in [0.1, 0.15) is 18.1 Å². The number of carbonyl (C=O) groups excluding carboxylic acids is 1. The summed E-state index contributed by atoms with van der Waals surface area (Å²) in [7, 11) is 0. The third-order valence-corrected chi connectivity index (χ3v) is 2.09. The minimum Gasteiger partial charge on any atom is -0.294 e. The zero-order valence-corrected chi connectivity index (χ0v) is 8.77. The van der Waals surface area contributed by atoms with Gasteiger partial charge in [-0.1, -0.05) is 24.8 Å². The lowest BCUT2D eigenvalue weighted by Crippen LogP contribution is -2.07. The van der Waals surface area contributed by atoms with Crippen molar-refractivity contribution in [2.45, 2.75) is 19.5 Å². The lowest BCUT2D eigenvalue weighted by molar-refractivity contribution is -0.137. The topological polar surface area (TPSA) is 17.1 Å². The molecule has 0 saturated heterocycles. The lowest BCUT2D eigenvalue weighted by Gasteiger charge is -2.08. The van der Waals surface area contributed by atoms with Crippen molar-refractivity contribution in [1.29, 1.82) is 0 Å². The van der Waals surface area contributed by atoms with Crippen LogP contribution in [-0.4, -0.2) is 5.78 Å². The van der Waals surface area contributed by atoms with Gasteiger partial charge in [-0.3, -0.25) is 4.79 Å². The molecule has 0 saturated carbocycles. The largest absolute Gasteiger partial charge is 0.416 e. The van der Waals surface area contributed by atoms with Crippen molar-refractivity contribution in [3.63, 3.8) is 0 Å². The smallest absolute Gasteiger partial charge is 0.294 e. The van der Waals surface area contributed by atoms with E-state index in [4.69, 9.17) is 0 Å². The third-order valence-electron chi connectivity index (χ3n) is 2.09. The van der Waals surface area contributed by atoms with Gasteiger partial charge in [-0.15, -0.1) is 0 Å². The summed E-state index contributed by atoms with van der Waals surface area (Å²) in [5, 5.41) is 0. The highest BCUT2D eigenvalue weighted by molar-refractivity contribution is 5.95. The molecule has 0 aliphatic heterocycles. The molecule has 0 aromatic heterocycles. The number of halogens is 3. The van der Waals surface area contributed by atoms with Crippen LogP contribution < -0.4 is 0 Å². The second-order valence-electron chi connectivity index (χ2n) is 3.58. The Morgan fingerprint density at radius 2 is 2.00 bits per heavy atom. The number of alkyl halides is 3. The number of ketones is 1. The predicted octanol–water partition coefficient (Wildman–Crippen LogP) is 3.39. The maximum absolute atomic E-state index is 12.4. The Hall–Kier alpha value is -1.58. The van der Waals surface area contributed by atoms with Gasteiger partial charge in [0.1, 0.15) is 0 Å². The van der Waals surface area contributed by atoms with Crippen LogP contribution >= 0.6 is 0 Å². The molecular weight excluding hydrogens is 217 g/mol. The average molecular weight is 228 g/mol. The van der Waals surface area contributed by atoms with E-state index >= 15 is 0 Å². The van der Waals surface area contributed by atoms with E-state index in [2.05, 4.69) is 6.58 Å². The molecule has 0 atom stereocenters. The molecular formula is C12H11F3O. The fourth-order valence-electron chi connectivity index (χ4n) is 1.19. The molecule has 0 amide bonds. The molecule has 0 radical (unpaired) electrons. The Morgan fingerprint density at radius 3 is 2.50 bits per heavy atom. The normalized spacial score (nSPS) is 11.2. The number of carbonyl (C=O) groups is 1. The molecule has 86 valence electrons. The van der Waals surface area contributed by atoms with Crippen molar-refractivity contribution >= 4 is 5.78 Å². The Bertz CT molecular complexity index is 419. The molecule has 0 fully saturated rings. The van der Waals surface area contributed by atoms with Gasteiger partial charge in [0.15, 0.2) is 5.78 Å². The van der Waals surface area contributed by atoms with Gasteiger partial charge in [0.2, 0.25) is 0 Å². The monoisotopic (exact) mass is 228 g/mol. The molecule has 1 aromatic carbocycles. The molecule has 0 unspecified atom stereocenters. The van der Waals surface area contributed by atoms with E-state index in [1.807, 2.05) is 0 Å². The van der Waals surface area contributed by atoms with Crippen molar-refractivity contribution in [2.75, 3.05) is 0 Å². The highest BCUT2D eigenvalue weighted by Crippen LogP contribution is 2.29. The van der Waals surface area contributed by atoms with E-state index in [9.17, 15) is 18.0 Å². The number of allylic oxidation sites excluding steroid dienone is 1. The summed E-state index contributed by atoms with van der Waals surface area (Å²) in [6.07, 6.45) is -4.42. The van der Waals surface area contributed by atoms with E-state index in [1.165, 1.54) is 19.1 Å². The van der Waals surface area contributed by atoms with Crippen LogP contribution in [-0.2, 0) is 17.4 Å². The number of hydrogen-bond donors (Lipinski definition) is 0. The van der Waals surface area contributed by atoms with Gasteiger partial charge in [-0.2, -0.15) is 13.2 Å². The van der Waals surface area contributed by atoms with Crippen LogP contribution in [0.2, 0.25) is 0 Å². The first-order valence-corrected chi connectivity index (χ1v) is 4.65. The molecule has 0 N–H and O–H groups in total. The molecule has 1 rings (SSSR count). The van der Waals surface area contributed by atoms with Crippen molar-refractivity contribution in [2.24, 2.45) is 0 Å². The molecule has 16 heavy (non-hydrogen) atoms. The van der Waals surface area contributed by atoms with Gasteiger partial charge in [-0.05, 0) is 24.1 Å². The summed E-state index contributed by atoms with van der Waals surface area (Å²) in [5.41, 5.74) is -0.0419. The third kappa shape index (κ3) is 3.22. The first-order chi connectivity index (χ1) is 7.30. The molecule has 0 aliphatic rings. The molecule has 0 heterocycles. The van der Waals surface area contributed by atoms with Crippen molar-refractivity contribution in [3.8, 4) is 0 Å². The average Bonchev–Trinajstić information content (AvgIpc) is 2.16. The molecule has 1 aromatic rings. The second-order valence-corrected chi connectivity index (χ2v) is 3.58. The summed E-state index contributed by atoms with van der Waals surface area (Å²) in [6.45, 7) is 4.99. The summed E-state index contributed by atoms with van der Waals surface area (Å²) in [4.78, 5) is 11.3. The van der Waals surface area contributed by atoms with Crippen molar-refractivity contribution in [1.82, 2.24) is 0 Å². The number of benzene rings is 1. The number of rotatable bonds is 3. The minimum absolute atomic E-state index is 0.0424. The fraction of sp³-hybridized carbons (Fsp3) is 0.250. The van der Waals surface area contributed by atoms with Gasteiger partial charge in [0.25, 0.3) is 0 Å². The van der Waals surface area contributed by atoms with Gasteiger partial charge < -0.3 is 0 Å². The van der Waals surface area contributed by atoms with Crippen molar-refractivity contribution < 1.29 is 18.0 Å². The maximum atomic E-state index is 12.4. The first kappa shape index (κ1) is 12.5. The van der Waals surface area contributed by atoms with Crippen LogP contribution in [0.3, 0.4) is 0 Å². The first-order valence-electron chi connectivity index (χ1n) is 4.65. The SMILES string of the molecule is C=C(C)C(=O)Cc1cccc(C(F)(F)F)c1. The van der Waals surface area contributed by atoms with Crippen LogP contribution in [0.4, 0.5) is 13.2 Å². The fourth-order valence-corrected chi connectivity index (χ4v) is 1.19. The number of hydrogen-bond acceptors (Lipinski definition) is 1. The Balaban J connectivity index is 2.92. The summed E-state index contributed by atoms with van der Waals surface area (Å²) in [5.74, 6) is -0.251. The van der Waals surface area contributed by atoms with E-state index in [0.717, 1.165) is 12.1 Å². The summed E-state index contributed by atoms with van der Waals surface area (Å²) in [6, 6.07) is 4.76. The minimum atomic E-state index is -4.37. The Labute approximate surface area is 91.6 Å². The molecule has 0 aliphatic carbocycles. The van der Waals surface area contributed by atoms with Crippen LogP contribution in [0.5, 0.6) is 0 Å². The van der Waals surface area contributed by atoms with E-state index in [0.29, 0.717) is 11.1 Å². The zero-order valence-electron chi connectivity index (χ0n) is 8.77. The second kappa shape index (κ2) is 4.51. The molecule has 0 spiro atoms. The van der Waals surface area contributed by atoms with Gasteiger partial charge >= 0.3 is 6.18 Å². The van der Waals surface area contributed by atoms with E-state index < -0.39 is 11.7 Å². The molecule has 4 heteroatoms. The maximum Gasteiger partial charge on any atom is 0.416 e. The standard InChI is InChI=1S/C12H11F3O/c1-8(2)11(16)7-9-4-3-5-10(6-9)12(13,14)15/h3-6H,1,7H2,2H3.